The molecule has 6 nitrogen and oxygen atoms in total. The summed E-state index contributed by atoms with van der Waals surface area (Å²) in [5, 5.41) is 19.6. The fourth-order valence-electron chi connectivity index (χ4n) is 1.91. The lowest BCUT2D eigenvalue weighted by Gasteiger charge is -2.30. The van der Waals surface area contributed by atoms with Gasteiger partial charge < -0.3 is 19.7 Å². The lowest BCUT2D eigenvalue weighted by atomic mass is 9.91. The van der Waals surface area contributed by atoms with Gasteiger partial charge in [0.15, 0.2) is 5.79 Å². The molecule has 90 valence electrons. The van der Waals surface area contributed by atoms with Gasteiger partial charge in [-0.2, -0.15) is 0 Å². The summed E-state index contributed by atoms with van der Waals surface area (Å²) in [6.07, 6.45) is 0.449. The first-order chi connectivity index (χ1) is 7.48. The zero-order chi connectivity index (χ0) is 11.8. The van der Waals surface area contributed by atoms with Crippen molar-refractivity contribution in [3.05, 3.63) is 0 Å². The van der Waals surface area contributed by atoms with E-state index < -0.39 is 23.1 Å². The first kappa shape index (κ1) is 11.3. The van der Waals surface area contributed by atoms with Gasteiger partial charge in [0.1, 0.15) is 18.6 Å². The molecule has 0 unspecified atom stereocenters. The maximum atomic E-state index is 11.6. The summed E-state index contributed by atoms with van der Waals surface area (Å²) in [5.41, 5.74) is -1.23. The molecule has 1 saturated carbocycles. The molecule has 2 aliphatic rings. The lowest BCUT2D eigenvalue weighted by Crippen LogP contribution is -2.46. The van der Waals surface area contributed by atoms with Gasteiger partial charge in [-0.15, -0.1) is 0 Å². The van der Waals surface area contributed by atoms with Gasteiger partial charge >= 0.3 is 11.9 Å². The Morgan fingerprint density at radius 3 is 2.25 bits per heavy atom. The first-order valence-electron chi connectivity index (χ1n) is 5.26. The molecule has 1 heterocycles. The summed E-state index contributed by atoms with van der Waals surface area (Å²) in [6, 6.07) is 0. The zero-order valence-corrected chi connectivity index (χ0v) is 8.77. The third-order valence-electron chi connectivity index (χ3n) is 3.16. The van der Waals surface area contributed by atoms with E-state index in [0.29, 0.717) is 12.8 Å². The number of hydrogen-bond donors (Lipinski definition) is 2. The molecule has 0 aromatic rings. The molecule has 1 aliphatic heterocycles. The van der Waals surface area contributed by atoms with E-state index in [9.17, 15) is 19.8 Å². The van der Waals surface area contributed by atoms with Gasteiger partial charge in [0.05, 0.1) is 6.42 Å². The largest absolute Gasteiger partial charge is 0.462 e. The fraction of sp³-hybridized carbons (Fsp3) is 0.800. The lowest BCUT2D eigenvalue weighted by molar-refractivity contribution is -0.229. The smallest absolute Gasteiger partial charge is 0.317 e. The van der Waals surface area contributed by atoms with Gasteiger partial charge in [-0.25, -0.2) is 0 Å². The Balaban J connectivity index is 2.15. The number of rotatable bonds is 0. The highest BCUT2D eigenvalue weighted by Crippen LogP contribution is 2.55. The van der Waals surface area contributed by atoms with Crippen molar-refractivity contribution in [2.24, 2.45) is 5.41 Å². The molecule has 1 aliphatic carbocycles. The van der Waals surface area contributed by atoms with E-state index in [1.54, 1.807) is 0 Å². The van der Waals surface area contributed by atoms with Crippen LogP contribution in [0.15, 0.2) is 0 Å². The first-order valence-corrected chi connectivity index (χ1v) is 5.26. The molecule has 1 saturated heterocycles. The van der Waals surface area contributed by atoms with Crippen LogP contribution in [-0.4, -0.2) is 41.2 Å². The van der Waals surface area contributed by atoms with E-state index >= 15 is 0 Å². The third kappa shape index (κ3) is 1.78. The van der Waals surface area contributed by atoms with Crippen LogP contribution >= 0.6 is 0 Å². The normalized spacial score (nSPS) is 28.1. The van der Waals surface area contributed by atoms with E-state index in [1.165, 1.54) is 0 Å². The summed E-state index contributed by atoms with van der Waals surface area (Å²) >= 11 is 0. The summed E-state index contributed by atoms with van der Waals surface area (Å²) in [6.45, 7) is -0.0209. The number of carbonyl (C=O) groups is 2. The van der Waals surface area contributed by atoms with Crippen LogP contribution in [0.3, 0.4) is 0 Å². The summed E-state index contributed by atoms with van der Waals surface area (Å²) < 4.78 is 9.55. The number of cyclic esters (lactones) is 2. The van der Waals surface area contributed by atoms with Crippen molar-refractivity contribution < 1.29 is 29.3 Å². The molecular formula is C10H14O6. The van der Waals surface area contributed by atoms with Gasteiger partial charge in [0, 0.05) is 6.42 Å². The topological polar surface area (TPSA) is 93.1 Å². The number of aliphatic hydroxyl groups is 2. The fourth-order valence-corrected chi connectivity index (χ4v) is 1.91. The van der Waals surface area contributed by atoms with Crippen molar-refractivity contribution in [3.8, 4) is 0 Å². The van der Waals surface area contributed by atoms with E-state index in [1.807, 2.05) is 0 Å². The highest BCUT2D eigenvalue weighted by molar-refractivity contribution is 5.81. The van der Waals surface area contributed by atoms with Crippen molar-refractivity contribution in [2.75, 3.05) is 13.2 Å². The Kier molecular flexibility index (Phi) is 2.63. The molecule has 0 bridgehead atoms. The monoisotopic (exact) mass is 230 g/mol. The zero-order valence-electron chi connectivity index (χ0n) is 8.77. The van der Waals surface area contributed by atoms with Gasteiger partial charge in [-0.1, -0.05) is 0 Å². The number of carbonyl (C=O) groups excluding carboxylic acids is 2. The molecule has 0 radical (unpaired) electrons. The highest BCUT2D eigenvalue weighted by atomic mass is 16.6. The van der Waals surface area contributed by atoms with Crippen LogP contribution in [0, 0.1) is 5.41 Å². The van der Waals surface area contributed by atoms with Crippen molar-refractivity contribution in [2.45, 2.75) is 31.5 Å². The molecule has 2 rings (SSSR count). The molecule has 1 spiro atoms. The number of ether oxygens (including phenoxy) is 2. The quantitative estimate of drug-likeness (QED) is 0.423. The second-order valence-electron chi connectivity index (χ2n) is 4.26. The Morgan fingerprint density at radius 1 is 1.00 bits per heavy atom. The number of esters is 2. The Labute approximate surface area is 92.2 Å². The second kappa shape index (κ2) is 3.71. The van der Waals surface area contributed by atoms with Crippen LogP contribution in [-0.2, 0) is 19.1 Å². The maximum Gasteiger partial charge on any atom is 0.317 e. The molecular weight excluding hydrogens is 216 g/mol. The maximum absolute atomic E-state index is 11.6. The van der Waals surface area contributed by atoms with Crippen molar-refractivity contribution >= 4 is 11.9 Å². The molecule has 0 amide bonds. The molecule has 16 heavy (non-hydrogen) atoms. The van der Waals surface area contributed by atoms with E-state index in [4.69, 9.17) is 9.47 Å². The minimum Gasteiger partial charge on any atom is -0.462 e. The van der Waals surface area contributed by atoms with Crippen molar-refractivity contribution in [3.63, 3.8) is 0 Å². The molecule has 2 N–H and O–H groups in total. The Hall–Kier alpha value is -1.14. The van der Waals surface area contributed by atoms with Crippen molar-refractivity contribution in [1.29, 1.82) is 0 Å². The van der Waals surface area contributed by atoms with Gasteiger partial charge in [-0.05, 0) is 12.8 Å². The predicted octanol–water partition coefficient (Wildman–Crippen LogP) is -0.672. The summed E-state index contributed by atoms with van der Waals surface area (Å²) in [7, 11) is 0. The average Bonchev–Trinajstić information content (AvgIpc) is 3.01. The molecule has 0 atom stereocenters. The minimum absolute atomic E-state index is 0.0184. The summed E-state index contributed by atoms with van der Waals surface area (Å²) in [4.78, 5) is 22.7. The molecule has 6 heteroatoms. The van der Waals surface area contributed by atoms with E-state index in [-0.39, 0.29) is 26.1 Å². The number of hydrogen-bond acceptors (Lipinski definition) is 6. The minimum atomic E-state index is -2.18. The van der Waals surface area contributed by atoms with Crippen LogP contribution < -0.4 is 0 Å². The third-order valence-corrected chi connectivity index (χ3v) is 3.16. The molecule has 2 fully saturated rings. The molecule has 0 aromatic heterocycles. The van der Waals surface area contributed by atoms with Gasteiger partial charge in [0.25, 0.3) is 0 Å². The molecule has 0 aromatic carbocycles. The van der Waals surface area contributed by atoms with Crippen LogP contribution in [0.5, 0.6) is 0 Å². The van der Waals surface area contributed by atoms with Crippen LogP contribution in [0.2, 0.25) is 0 Å². The van der Waals surface area contributed by atoms with E-state index in [2.05, 4.69) is 0 Å². The second-order valence-corrected chi connectivity index (χ2v) is 4.26. The standard InChI is InChI=1S/C10H14O6/c11-7-1-2-10(13,14)9(3-4-9)8(12)16-6-5-15-7/h13-14H,1-6H2. The van der Waals surface area contributed by atoms with Gasteiger partial charge in [0.2, 0.25) is 0 Å². The van der Waals surface area contributed by atoms with Crippen molar-refractivity contribution in [1.82, 2.24) is 0 Å². The SMILES string of the molecule is O=C1CCC(O)(O)C2(CC2)C(=O)OCCO1. The predicted molar refractivity (Wildman–Crippen MR) is 50.0 cm³/mol. The Bertz CT molecular complexity index is 317. The van der Waals surface area contributed by atoms with Crippen LogP contribution in [0.4, 0.5) is 0 Å². The van der Waals surface area contributed by atoms with Crippen LogP contribution in [0.25, 0.3) is 0 Å². The van der Waals surface area contributed by atoms with Gasteiger partial charge in [-0.3, -0.25) is 9.59 Å². The Morgan fingerprint density at radius 2 is 1.62 bits per heavy atom. The average molecular weight is 230 g/mol. The van der Waals surface area contributed by atoms with E-state index in [0.717, 1.165) is 0 Å². The van der Waals surface area contributed by atoms with Crippen LogP contribution in [0.1, 0.15) is 25.7 Å². The highest BCUT2D eigenvalue weighted by Gasteiger charge is 2.65. The summed E-state index contributed by atoms with van der Waals surface area (Å²) in [5.74, 6) is -3.31.